The molecule has 1 aromatic rings. The topological polar surface area (TPSA) is 46.6 Å². The van der Waals surface area contributed by atoms with E-state index >= 15 is 0 Å². The standard InChI is InChI=1S/C23H43NO3SSi/c1-10-24(11-2)28(25,26)21-14-12-20(13-15-21)16-17-23(6,7)18-19-27-29(8,9)22(3,4)5/h12-15H,10-11,16-19H2,1-9H3. The van der Waals surface area contributed by atoms with Gasteiger partial charge >= 0.3 is 0 Å². The van der Waals surface area contributed by atoms with E-state index in [9.17, 15) is 8.42 Å². The van der Waals surface area contributed by atoms with Crippen molar-refractivity contribution in [3.05, 3.63) is 29.8 Å². The SMILES string of the molecule is CCN(CC)S(=O)(=O)c1ccc(CCC(C)(C)CCO[Si](C)(C)C(C)(C)C)cc1. The third-order valence-corrected chi connectivity index (χ3v) is 13.0. The Balaban J connectivity index is 2.64. The number of hydrogen-bond acceptors (Lipinski definition) is 3. The van der Waals surface area contributed by atoms with Gasteiger partial charge in [-0.25, -0.2) is 8.42 Å². The van der Waals surface area contributed by atoms with Crippen LogP contribution in [0.1, 0.15) is 66.9 Å². The van der Waals surface area contributed by atoms with Crippen LogP contribution in [0.15, 0.2) is 29.2 Å². The lowest BCUT2D eigenvalue weighted by atomic mass is 9.83. The lowest BCUT2D eigenvalue weighted by Gasteiger charge is -2.37. The van der Waals surface area contributed by atoms with Crippen LogP contribution in [-0.2, 0) is 20.9 Å². The molecule has 1 aromatic carbocycles. The quantitative estimate of drug-likeness (QED) is 0.390. The van der Waals surface area contributed by atoms with Crippen molar-refractivity contribution in [1.29, 1.82) is 0 Å². The van der Waals surface area contributed by atoms with Gasteiger partial charge in [0.2, 0.25) is 10.0 Å². The van der Waals surface area contributed by atoms with Gasteiger partial charge in [-0.3, -0.25) is 0 Å². The summed E-state index contributed by atoms with van der Waals surface area (Å²) in [7, 11) is -5.07. The lowest BCUT2D eigenvalue weighted by molar-refractivity contribution is 0.204. The minimum Gasteiger partial charge on any atom is -0.417 e. The smallest absolute Gasteiger partial charge is 0.243 e. The Morgan fingerprint density at radius 2 is 1.45 bits per heavy atom. The Kier molecular flexibility index (Phi) is 9.15. The second kappa shape index (κ2) is 10.1. The average molecular weight is 442 g/mol. The van der Waals surface area contributed by atoms with Crippen LogP contribution < -0.4 is 0 Å². The fourth-order valence-electron chi connectivity index (χ4n) is 2.95. The van der Waals surface area contributed by atoms with Gasteiger partial charge in [0.25, 0.3) is 0 Å². The molecule has 0 saturated carbocycles. The molecule has 6 heteroatoms. The van der Waals surface area contributed by atoms with E-state index in [1.165, 1.54) is 9.87 Å². The minimum absolute atomic E-state index is 0.189. The number of rotatable bonds is 11. The van der Waals surface area contributed by atoms with E-state index in [4.69, 9.17) is 4.43 Å². The molecule has 0 heterocycles. The van der Waals surface area contributed by atoms with Crippen molar-refractivity contribution in [1.82, 2.24) is 4.31 Å². The van der Waals surface area contributed by atoms with Crippen molar-refractivity contribution in [3.63, 3.8) is 0 Å². The third-order valence-electron chi connectivity index (χ3n) is 6.40. The Bertz CT molecular complexity index is 730. The summed E-state index contributed by atoms with van der Waals surface area (Å²) in [5, 5.41) is 0.240. The first kappa shape index (κ1) is 26.3. The lowest BCUT2D eigenvalue weighted by Crippen LogP contribution is -2.41. The molecule has 1 rings (SSSR count). The van der Waals surface area contributed by atoms with Gasteiger partial charge in [-0.1, -0.05) is 60.6 Å². The predicted octanol–water partition coefficient (Wildman–Crippen LogP) is 6.09. The fourth-order valence-corrected chi connectivity index (χ4v) is 5.45. The highest BCUT2D eigenvalue weighted by Crippen LogP contribution is 2.37. The first-order valence-electron chi connectivity index (χ1n) is 10.9. The van der Waals surface area contributed by atoms with Crippen LogP contribution >= 0.6 is 0 Å². The van der Waals surface area contributed by atoms with Crippen LogP contribution in [0.4, 0.5) is 0 Å². The zero-order chi connectivity index (χ0) is 22.5. The molecule has 0 fully saturated rings. The molecular formula is C23H43NO3SSi. The summed E-state index contributed by atoms with van der Waals surface area (Å²) in [6.45, 7) is 21.5. The first-order chi connectivity index (χ1) is 13.2. The van der Waals surface area contributed by atoms with Gasteiger partial charge < -0.3 is 4.43 Å². The maximum atomic E-state index is 12.6. The summed E-state index contributed by atoms with van der Waals surface area (Å²) in [5.74, 6) is 0. The van der Waals surface area contributed by atoms with Crippen LogP contribution in [-0.4, -0.2) is 40.7 Å². The van der Waals surface area contributed by atoms with Gasteiger partial charge in [0.15, 0.2) is 8.32 Å². The normalized spacial score (nSPS) is 13.9. The van der Waals surface area contributed by atoms with Crippen LogP contribution in [0.3, 0.4) is 0 Å². The van der Waals surface area contributed by atoms with E-state index in [2.05, 4.69) is 47.7 Å². The molecule has 0 unspecified atom stereocenters. The third kappa shape index (κ3) is 7.49. The summed E-state index contributed by atoms with van der Waals surface area (Å²) in [6, 6.07) is 7.41. The molecule has 0 aliphatic carbocycles. The van der Waals surface area contributed by atoms with E-state index in [1.807, 2.05) is 26.0 Å². The van der Waals surface area contributed by atoms with Crippen molar-refractivity contribution in [2.75, 3.05) is 19.7 Å². The summed E-state index contributed by atoms with van der Waals surface area (Å²) in [6.07, 6.45) is 3.03. The van der Waals surface area contributed by atoms with Crippen molar-refractivity contribution >= 4 is 18.3 Å². The summed E-state index contributed by atoms with van der Waals surface area (Å²) in [4.78, 5) is 0.381. The number of sulfonamides is 1. The number of aryl methyl sites for hydroxylation is 1. The number of nitrogens with zero attached hydrogens (tertiary/aromatic N) is 1. The fraction of sp³-hybridized carbons (Fsp3) is 0.739. The van der Waals surface area contributed by atoms with E-state index in [0.717, 1.165) is 25.9 Å². The molecule has 0 saturated heterocycles. The number of hydrogen-bond donors (Lipinski definition) is 0. The van der Waals surface area contributed by atoms with Gasteiger partial charge in [0.1, 0.15) is 0 Å². The molecule has 4 nitrogen and oxygen atoms in total. The summed E-state index contributed by atoms with van der Waals surface area (Å²) in [5.41, 5.74) is 1.37. The summed E-state index contributed by atoms with van der Waals surface area (Å²) >= 11 is 0. The van der Waals surface area contributed by atoms with Gasteiger partial charge in [-0.15, -0.1) is 0 Å². The van der Waals surface area contributed by atoms with Crippen LogP contribution in [0, 0.1) is 5.41 Å². The molecule has 0 radical (unpaired) electrons. The van der Waals surface area contributed by atoms with Crippen molar-refractivity contribution in [2.24, 2.45) is 5.41 Å². The molecule has 0 aromatic heterocycles. The zero-order valence-corrected chi connectivity index (χ0v) is 21.9. The van der Waals surface area contributed by atoms with Crippen molar-refractivity contribution in [3.8, 4) is 0 Å². The second-order valence-corrected chi connectivity index (χ2v) is 17.0. The van der Waals surface area contributed by atoms with Crippen LogP contribution in [0.5, 0.6) is 0 Å². The van der Waals surface area contributed by atoms with Gasteiger partial charge in [0.05, 0.1) is 4.90 Å². The monoisotopic (exact) mass is 441 g/mol. The van der Waals surface area contributed by atoms with E-state index in [1.54, 1.807) is 12.1 Å². The summed E-state index contributed by atoms with van der Waals surface area (Å²) < 4.78 is 33.1. The molecule has 168 valence electrons. The highest BCUT2D eigenvalue weighted by molar-refractivity contribution is 7.89. The minimum atomic E-state index is -3.38. The average Bonchev–Trinajstić information content (AvgIpc) is 2.60. The van der Waals surface area contributed by atoms with Crippen LogP contribution in [0.25, 0.3) is 0 Å². The Hall–Kier alpha value is -0.693. The van der Waals surface area contributed by atoms with Crippen molar-refractivity contribution in [2.45, 2.75) is 90.8 Å². The maximum Gasteiger partial charge on any atom is 0.243 e. The maximum absolute atomic E-state index is 12.6. The molecule has 0 atom stereocenters. The van der Waals surface area contributed by atoms with Gasteiger partial charge in [-0.05, 0) is 60.5 Å². The Labute approximate surface area is 181 Å². The van der Waals surface area contributed by atoms with E-state index in [0.29, 0.717) is 18.0 Å². The van der Waals surface area contributed by atoms with Crippen molar-refractivity contribution < 1.29 is 12.8 Å². The first-order valence-corrected chi connectivity index (χ1v) is 15.2. The van der Waals surface area contributed by atoms with E-state index in [-0.39, 0.29) is 10.5 Å². The van der Waals surface area contributed by atoms with Crippen LogP contribution in [0.2, 0.25) is 18.1 Å². The zero-order valence-electron chi connectivity index (χ0n) is 20.1. The molecule has 0 N–H and O–H groups in total. The highest BCUT2D eigenvalue weighted by atomic mass is 32.2. The molecule has 0 spiro atoms. The Morgan fingerprint density at radius 1 is 0.931 bits per heavy atom. The van der Waals surface area contributed by atoms with Gasteiger partial charge in [0, 0.05) is 19.7 Å². The highest BCUT2D eigenvalue weighted by Gasteiger charge is 2.37. The molecular weight excluding hydrogens is 398 g/mol. The molecule has 0 aliphatic heterocycles. The van der Waals surface area contributed by atoms with Gasteiger partial charge in [-0.2, -0.15) is 4.31 Å². The molecule has 0 bridgehead atoms. The van der Waals surface area contributed by atoms with E-state index < -0.39 is 18.3 Å². The molecule has 0 aliphatic rings. The second-order valence-electron chi connectivity index (χ2n) is 10.3. The molecule has 0 amide bonds. The molecule has 29 heavy (non-hydrogen) atoms. The number of benzene rings is 1. The Morgan fingerprint density at radius 3 is 1.90 bits per heavy atom. The predicted molar refractivity (Wildman–Crippen MR) is 126 cm³/mol. The largest absolute Gasteiger partial charge is 0.417 e.